The number of hydrogen-bond donors (Lipinski definition) is 0. The van der Waals surface area contributed by atoms with Crippen LogP contribution in [-0.4, -0.2) is 54.3 Å². The zero-order valence-corrected chi connectivity index (χ0v) is 19.3. The van der Waals surface area contributed by atoms with Gasteiger partial charge in [-0.1, -0.05) is 18.3 Å². The molecule has 1 amide bonds. The molecule has 30 heavy (non-hydrogen) atoms. The fourth-order valence-corrected chi connectivity index (χ4v) is 7.03. The third kappa shape index (κ3) is 3.73. The summed E-state index contributed by atoms with van der Waals surface area (Å²) in [5, 5.41) is 1.89. The highest BCUT2D eigenvalue weighted by Gasteiger charge is 2.31. The Hall–Kier alpha value is -2.01. The number of carbonyl (C=O) groups excluding carboxylic acids is 1. The third-order valence-electron chi connectivity index (χ3n) is 5.31. The summed E-state index contributed by atoms with van der Waals surface area (Å²) in [6.07, 6.45) is 0.833. The first-order chi connectivity index (χ1) is 14.3. The van der Waals surface area contributed by atoms with Gasteiger partial charge in [-0.25, -0.2) is 8.42 Å². The van der Waals surface area contributed by atoms with Crippen LogP contribution in [0, 0.1) is 6.92 Å². The van der Waals surface area contributed by atoms with Crippen LogP contribution in [0.3, 0.4) is 0 Å². The van der Waals surface area contributed by atoms with E-state index < -0.39 is 10.0 Å². The Balaban J connectivity index is 1.53. The average Bonchev–Trinajstić information content (AvgIpc) is 3.30. The van der Waals surface area contributed by atoms with Gasteiger partial charge in [0, 0.05) is 32.7 Å². The Kier molecular flexibility index (Phi) is 5.84. The van der Waals surface area contributed by atoms with Crippen molar-refractivity contribution in [1.29, 1.82) is 0 Å². The van der Waals surface area contributed by atoms with Gasteiger partial charge in [0.2, 0.25) is 10.0 Å². The predicted octanol–water partition coefficient (Wildman–Crippen LogP) is 2.99. The lowest BCUT2D eigenvalue weighted by molar-refractivity contribution is 0.0702. The smallest absolute Gasteiger partial charge is 0.308 e. The number of carbonyl (C=O) groups is 1. The van der Waals surface area contributed by atoms with Crippen molar-refractivity contribution in [1.82, 2.24) is 13.8 Å². The molecule has 3 aromatic rings. The van der Waals surface area contributed by atoms with Crippen LogP contribution in [0.15, 0.2) is 39.3 Å². The fourth-order valence-electron chi connectivity index (χ4n) is 3.66. The molecule has 0 radical (unpaired) electrons. The van der Waals surface area contributed by atoms with E-state index in [0.717, 1.165) is 28.8 Å². The van der Waals surface area contributed by atoms with Gasteiger partial charge in [-0.2, -0.15) is 4.31 Å². The molecule has 2 aromatic heterocycles. The monoisotopic (exact) mass is 465 g/mol. The van der Waals surface area contributed by atoms with E-state index in [1.807, 2.05) is 25.3 Å². The molecular weight excluding hydrogens is 442 g/mol. The topological polar surface area (TPSA) is 79.7 Å². The summed E-state index contributed by atoms with van der Waals surface area (Å²) in [7, 11) is -3.69. The molecule has 160 valence electrons. The molecule has 0 N–H and O–H groups in total. The Morgan fingerprint density at radius 1 is 1.13 bits per heavy atom. The van der Waals surface area contributed by atoms with Crippen molar-refractivity contribution < 1.29 is 13.2 Å². The van der Waals surface area contributed by atoms with E-state index in [1.165, 1.54) is 15.6 Å². The number of amides is 1. The van der Waals surface area contributed by atoms with Gasteiger partial charge in [-0.15, -0.1) is 11.3 Å². The molecule has 3 heterocycles. The lowest BCUT2D eigenvalue weighted by Crippen LogP contribution is -2.50. The number of thiazole rings is 1. The van der Waals surface area contributed by atoms with Crippen LogP contribution in [0.1, 0.15) is 28.6 Å². The second kappa shape index (κ2) is 8.26. The van der Waals surface area contributed by atoms with Gasteiger partial charge in [-0.05, 0) is 48.6 Å². The van der Waals surface area contributed by atoms with Crippen LogP contribution in [0.4, 0.5) is 0 Å². The first-order valence-corrected chi connectivity index (χ1v) is 12.9. The molecule has 0 unspecified atom stereocenters. The van der Waals surface area contributed by atoms with Gasteiger partial charge in [0.15, 0.2) is 0 Å². The summed E-state index contributed by atoms with van der Waals surface area (Å²) < 4.78 is 30.1. The van der Waals surface area contributed by atoms with Crippen LogP contribution in [0.2, 0.25) is 0 Å². The number of fused-ring (bicyclic) bond motifs is 1. The molecule has 1 fully saturated rings. The van der Waals surface area contributed by atoms with Crippen molar-refractivity contribution in [3.05, 3.63) is 49.8 Å². The van der Waals surface area contributed by atoms with Gasteiger partial charge in [0.25, 0.3) is 5.91 Å². The molecule has 0 saturated carbocycles. The molecule has 1 saturated heterocycles. The van der Waals surface area contributed by atoms with E-state index >= 15 is 0 Å². The zero-order valence-electron chi connectivity index (χ0n) is 16.8. The minimum atomic E-state index is -3.69. The van der Waals surface area contributed by atoms with Gasteiger partial charge in [0.05, 0.1) is 20.0 Å². The van der Waals surface area contributed by atoms with E-state index in [4.69, 9.17) is 0 Å². The number of rotatable bonds is 5. The van der Waals surface area contributed by atoms with E-state index in [1.54, 1.807) is 27.7 Å². The SMILES string of the molecule is CCCn1c(=O)sc2cc(S(=O)(=O)N3CCN(C(=O)c4sccc4C)CC3)ccc21. The number of hydrogen-bond acceptors (Lipinski definition) is 6. The number of aromatic nitrogens is 1. The van der Waals surface area contributed by atoms with Crippen molar-refractivity contribution in [3.8, 4) is 0 Å². The maximum atomic E-state index is 13.2. The maximum Gasteiger partial charge on any atom is 0.308 e. The maximum absolute atomic E-state index is 13.2. The van der Waals surface area contributed by atoms with Crippen LogP contribution >= 0.6 is 22.7 Å². The highest BCUT2D eigenvalue weighted by molar-refractivity contribution is 7.89. The zero-order chi connectivity index (χ0) is 21.5. The molecule has 1 aliphatic heterocycles. The van der Waals surface area contributed by atoms with Gasteiger partial charge in [0.1, 0.15) is 0 Å². The summed E-state index contributed by atoms with van der Waals surface area (Å²) >= 11 is 2.49. The molecule has 1 aliphatic rings. The largest absolute Gasteiger partial charge is 0.335 e. The number of benzene rings is 1. The predicted molar refractivity (Wildman–Crippen MR) is 120 cm³/mol. The first kappa shape index (κ1) is 21.2. The van der Waals surface area contributed by atoms with Crippen LogP contribution < -0.4 is 4.87 Å². The lowest BCUT2D eigenvalue weighted by Gasteiger charge is -2.34. The second-order valence-corrected chi connectivity index (χ2v) is 11.1. The molecule has 0 aliphatic carbocycles. The number of sulfonamides is 1. The Morgan fingerprint density at radius 3 is 2.50 bits per heavy atom. The van der Waals surface area contributed by atoms with Crippen molar-refractivity contribution >= 4 is 48.8 Å². The first-order valence-electron chi connectivity index (χ1n) is 9.80. The van der Waals surface area contributed by atoms with Crippen molar-refractivity contribution in [2.45, 2.75) is 31.7 Å². The van der Waals surface area contributed by atoms with Crippen molar-refractivity contribution in [3.63, 3.8) is 0 Å². The normalized spacial score (nSPS) is 15.7. The molecular formula is C20H23N3O4S3. The number of piperazine rings is 1. The Bertz CT molecular complexity index is 1250. The van der Waals surface area contributed by atoms with Crippen LogP contribution in [-0.2, 0) is 16.6 Å². The molecule has 4 rings (SSSR count). The third-order valence-corrected chi connectivity index (χ3v) is 9.15. The number of nitrogens with zero attached hydrogens (tertiary/aromatic N) is 3. The molecule has 10 heteroatoms. The minimum absolute atomic E-state index is 0.0389. The number of thiophene rings is 1. The molecule has 1 aromatic carbocycles. The summed E-state index contributed by atoms with van der Waals surface area (Å²) in [4.78, 5) is 27.4. The van der Waals surface area contributed by atoms with Crippen molar-refractivity contribution in [2.24, 2.45) is 0 Å². The average molecular weight is 466 g/mol. The molecule has 0 bridgehead atoms. The Labute approximate surface area is 183 Å². The highest BCUT2D eigenvalue weighted by Crippen LogP contribution is 2.26. The van der Waals surface area contributed by atoms with Gasteiger partial charge in [-0.3, -0.25) is 14.2 Å². The second-order valence-electron chi connectivity index (χ2n) is 7.28. The highest BCUT2D eigenvalue weighted by atomic mass is 32.2. The summed E-state index contributed by atoms with van der Waals surface area (Å²) in [6, 6.07) is 6.80. The van der Waals surface area contributed by atoms with E-state index in [-0.39, 0.29) is 28.8 Å². The molecule has 0 spiro atoms. The van der Waals surface area contributed by atoms with Gasteiger partial charge >= 0.3 is 4.87 Å². The standard InChI is InChI=1S/C20H23N3O4S3/c1-3-7-23-16-5-4-15(13-17(16)29-20(23)25)30(26,27)22-10-8-21(9-11-22)19(24)18-14(2)6-12-28-18/h4-6,12-13H,3,7-11H2,1-2H3. The minimum Gasteiger partial charge on any atom is -0.335 e. The summed E-state index contributed by atoms with van der Waals surface area (Å²) in [5.41, 5.74) is 1.72. The van der Waals surface area contributed by atoms with Crippen LogP contribution in [0.5, 0.6) is 0 Å². The van der Waals surface area contributed by atoms with Crippen molar-refractivity contribution in [2.75, 3.05) is 26.2 Å². The molecule has 0 atom stereocenters. The number of aryl methyl sites for hydroxylation is 2. The van der Waals surface area contributed by atoms with Gasteiger partial charge < -0.3 is 4.90 Å². The summed E-state index contributed by atoms with van der Waals surface area (Å²) in [6.45, 7) is 5.75. The van der Waals surface area contributed by atoms with E-state index in [9.17, 15) is 18.0 Å². The van der Waals surface area contributed by atoms with E-state index in [0.29, 0.717) is 29.2 Å². The van der Waals surface area contributed by atoms with Crippen LogP contribution in [0.25, 0.3) is 10.2 Å². The molecule has 7 nitrogen and oxygen atoms in total. The quantitative estimate of drug-likeness (QED) is 0.580. The fraction of sp³-hybridized carbons (Fsp3) is 0.400. The van der Waals surface area contributed by atoms with E-state index in [2.05, 4.69) is 0 Å². The Morgan fingerprint density at radius 2 is 1.87 bits per heavy atom. The lowest BCUT2D eigenvalue weighted by atomic mass is 10.2. The summed E-state index contributed by atoms with van der Waals surface area (Å²) in [5.74, 6) is -0.0389.